The van der Waals surface area contributed by atoms with E-state index in [1.54, 1.807) is 6.33 Å². The van der Waals surface area contributed by atoms with E-state index < -0.39 is 0 Å². The van der Waals surface area contributed by atoms with Gasteiger partial charge in [-0.25, -0.2) is 9.97 Å². The van der Waals surface area contributed by atoms with Crippen LogP contribution in [0.25, 0.3) is 0 Å². The van der Waals surface area contributed by atoms with Crippen molar-refractivity contribution in [3.05, 3.63) is 24.0 Å². The van der Waals surface area contributed by atoms with Gasteiger partial charge in [-0.1, -0.05) is 11.6 Å². The second-order valence-corrected chi connectivity index (χ2v) is 7.37. The molecule has 138 valence electrons. The molecule has 2 N–H and O–H groups in total. The summed E-state index contributed by atoms with van der Waals surface area (Å²) in [6.45, 7) is 6.75. The van der Waals surface area contributed by atoms with Crippen molar-refractivity contribution >= 4 is 11.6 Å². The van der Waals surface area contributed by atoms with Gasteiger partial charge in [-0.2, -0.15) is 0 Å². The van der Waals surface area contributed by atoms with Crippen LogP contribution in [0.4, 0.5) is 11.6 Å². The highest BCUT2D eigenvalue weighted by atomic mass is 16.3. The van der Waals surface area contributed by atoms with Gasteiger partial charge in [0.15, 0.2) is 0 Å². The summed E-state index contributed by atoms with van der Waals surface area (Å²) in [5.74, 6) is 1.83. The van der Waals surface area contributed by atoms with Crippen LogP contribution in [-0.2, 0) is 0 Å². The molecule has 1 saturated heterocycles. The van der Waals surface area contributed by atoms with Crippen LogP contribution in [0.5, 0.6) is 0 Å². The smallest absolute Gasteiger partial charge is 0.134 e. The van der Waals surface area contributed by atoms with Crippen molar-refractivity contribution in [2.24, 2.45) is 0 Å². The first-order chi connectivity index (χ1) is 12.1. The lowest BCUT2D eigenvalue weighted by Crippen LogP contribution is -2.42. The minimum Gasteiger partial charge on any atom is -0.391 e. The summed E-state index contributed by atoms with van der Waals surface area (Å²) < 4.78 is 0. The van der Waals surface area contributed by atoms with Crippen LogP contribution < -0.4 is 15.1 Å². The summed E-state index contributed by atoms with van der Waals surface area (Å²) in [7, 11) is 2.03. The molecule has 6 nitrogen and oxygen atoms in total. The highest BCUT2D eigenvalue weighted by Crippen LogP contribution is 2.26. The molecular weight excluding hydrogens is 314 g/mol. The molecule has 25 heavy (non-hydrogen) atoms. The normalized spacial score (nSPS) is 26.6. The maximum Gasteiger partial charge on any atom is 0.134 e. The van der Waals surface area contributed by atoms with Gasteiger partial charge < -0.3 is 20.2 Å². The van der Waals surface area contributed by atoms with Gasteiger partial charge in [0.2, 0.25) is 0 Å². The molecular formula is C19H31N5O. The third-order valence-electron chi connectivity index (χ3n) is 5.47. The van der Waals surface area contributed by atoms with Gasteiger partial charge in [0.05, 0.1) is 6.10 Å². The molecule has 1 unspecified atom stereocenters. The average molecular weight is 345 g/mol. The first-order valence-corrected chi connectivity index (χ1v) is 9.43. The van der Waals surface area contributed by atoms with Gasteiger partial charge in [-0.15, -0.1) is 0 Å². The van der Waals surface area contributed by atoms with Gasteiger partial charge in [-0.05, 0) is 39.5 Å². The van der Waals surface area contributed by atoms with Crippen molar-refractivity contribution in [1.29, 1.82) is 0 Å². The van der Waals surface area contributed by atoms with E-state index in [2.05, 4.69) is 45.0 Å². The van der Waals surface area contributed by atoms with E-state index in [1.165, 1.54) is 18.4 Å². The molecule has 1 aliphatic carbocycles. The molecule has 0 spiro atoms. The summed E-state index contributed by atoms with van der Waals surface area (Å²) in [5.41, 5.74) is 1.50. The van der Waals surface area contributed by atoms with Crippen LogP contribution in [0, 0.1) is 0 Å². The Bertz CT molecular complexity index is 605. The number of nitrogens with zero attached hydrogens (tertiary/aromatic N) is 4. The van der Waals surface area contributed by atoms with E-state index in [4.69, 9.17) is 0 Å². The molecule has 1 aliphatic heterocycles. The Kier molecular flexibility index (Phi) is 5.91. The first kappa shape index (κ1) is 18.1. The molecule has 6 heteroatoms. The highest BCUT2D eigenvalue weighted by molar-refractivity contribution is 5.51. The van der Waals surface area contributed by atoms with Crippen LogP contribution in [0.3, 0.4) is 0 Å². The van der Waals surface area contributed by atoms with Crippen molar-refractivity contribution < 1.29 is 5.11 Å². The van der Waals surface area contributed by atoms with E-state index in [1.807, 2.05) is 13.1 Å². The molecule has 0 aromatic carbocycles. The van der Waals surface area contributed by atoms with Crippen LogP contribution in [0.15, 0.2) is 24.0 Å². The lowest BCUT2D eigenvalue weighted by molar-refractivity contribution is 0.193. The van der Waals surface area contributed by atoms with Crippen molar-refractivity contribution in [2.45, 2.75) is 57.7 Å². The molecule has 1 fully saturated rings. The van der Waals surface area contributed by atoms with E-state index in [-0.39, 0.29) is 12.1 Å². The lowest BCUT2D eigenvalue weighted by Gasteiger charge is -2.29. The molecule has 3 atom stereocenters. The Morgan fingerprint density at radius 3 is 2.96 bits per heavy atom. The number of anilines is 2. The molecule has 0 saturated carbocycles. The van der Waals surface area contributed by atoms with Gasteiger partial charge in [-0.3, -0.25) is 0 Å². The molecule has 0 radical (unpaired) electrons. The van der Waals surface area contributed by atoms with Crippen LogP contribution >= 0.6 is 0 Å². The fraction of sp³-hybridized carbons (Fsp3) is 0.684. The first-order valence-electron chi connectivity index (χ1n) is 9.43. The number of aromatic nitrogens is 2. The largest absolute Gasteiger partial charge is 0.391 e. The van der Waals surface area contributed by atoms with E-state index in [0.717, 1.165) is 37.6 Å². The second kappa shape index (κ2) is 8.15. The van der Waals surface area contributed by atoms with Gasteiger partial charge in [0, 0.05) is 44.8 Å². The number of nitrogens with one attached hydrogen (secondary N) is 1. The summed E-state index contributed by atoms with van der Waals surface area (Å²) in [6.07, 6.45) is 7.98. The van der Waals surface area contributed by atoms with E-state index in [0.29, 0.717) is 12.6 Å². The minimum absolute atomic E-state index is 0.275. The zero-order valence-corrected chi connectivity index (χ0v) is 15.6. The maximum atomic E-state index is 10.2. The number of aliphatic hydroxyl groups excluding tert-OH is 1. The van der Waals surface area contributed by atoms with Crippen molar-refractivity contribution in [2.75, 3.05) is 36.5 Å². The molecule has 0 bridgehead atoms. The summed E-state index contributed by atoms with van der Waals surface area (Å²) >= 11 is 0. The molecule has 2 aliphatic rings. The monoisotopic (exact) mass is 345 g/mol. The number of hydrogen-bond acceptors (Lipinski definition) is 6. The van der Waals surface area contributed by atoms with E-state index >= 15 is 0 Å². The third kappa shape index (κ3) is 4.50. The Hall–Kier alpha value is -1.66. The number of rotatable bonds is 6. The van der Waals surface area contributed by atoms with Crippen molar-refractivity contribution in [3.8, 4) is 0 Å². The van der Waals surface area contributed by atoms with Crippen molar-refractivity contribution in [1.82, 2.24) is 15.3 Å². The average Bonchev–Trinajstić information content (AvgIpc) is 3.01. The van der Waals surface area contributed by atoms with Crippen LogP contribution in [-0.4, -0.2) is 59.9 Å². The highest BCUT2D eigenvalue weighted by Gasteiger charge is 2.32. The van der Waals surface area contributed by atoms with Crippen LogP contribution in [0.2, 0.25) is 0 Å². The number of β-amino-alcohol motifs (C(OH)–C–C–N with tert-alkyl or cyclic N) is 1. The summed E-state index contributed by atoms with van der Waals surface area (Å²) in [5, 5.41) is 13.9. The molecule has 0 amide bonds. The predicted octanol–water partition coefficient (Wildman–Crippen LogP) is 1.96. The Morgan fingerprint density at radius 2 is 2.24 bits per heavy atom. The SMILES string of the molecule is CCN(C)c1cc(N2C[C@H](O)C[C@@H]2CNC2CC=C(C)CC2)ncn1. The third-order valence-corrected chi connectivity index (χ3v) is 5.47. The van der Waals surface area contributed by atoms with Crippen molar-refractivity contribution in [3.63, 3.8) is 0 Å². The quantitative estimate of drug-likeness (QED) is 0.769. The zero-order valence-electron chi connectivity index (χ0n) is 15.6. The Morgan fingerprint density at radius 1 is 1.40 bits per heavy atom. The Labute approximate surface area is 151 Å². The standard InChI is InChI=1S/C19H31N5O/c1-4-23(3)18-10-19(22-13-21-18)24-12-17(25)9-16(24)11-20-15-7-5-14(2)6-8-15/h5,10,13,15-17,20,25H,4,6-9,11-12H2,1-3H3/t15?,16-,17-/m1/s1. The number of aliphatic hydroxyl groups is 1. The van der Waals surface area contributed by atoms with Crippen LogP contribution in [0.1, 0.15) is 39.5 Å². The number of hydrogen-bond donors (Lipinski definition) is 2. The Balaban J connectivity index is 1.65. The lowest BCUT2D eigenvalue weighted by atomic mass is 9.96. The fourth-order valence-corrected chi connectivity index (χ4v) is 3.68. The number of allylic oxidation sites excluding steroid dienone is 1. The van der Waals surface area contributed by atoms with Gasteiger partial charge in [0.1, 0.15) is 18.0 Å². The topological polar surface area (TPSA) is 64.5 Å². The maximum absolute atomic E-state index is 10.2. The molecule has 2 heterocycles. The van der Waals surface area contributed by atoms with Gasteiger partial charge >= 0.3 is 0 Å². The molecule has 3 rings (SSSR count). The molecule has 1 aromatic heterocycles. The predicted molar refractivity (Wildman–Crippen MR) is 102 cm³/mol. The van der Waals surface area contributed by atoms with E-state index in [9.17, 15) is 5.11 Å². The summed E-state index contributed by atoms with van der Waals surface area (Å²) in [6, 6.07) is 2.86. The molecule has 1 aromatic rings. The minimum atomic E-state index is -0.289. The fourth-order valence-electron chi connectivity index (χ4n) is 3.68. The summed E-state index contributed by atoms with van der Waals surface area (Å²) in [4.78, 5) is 13.2. The second-order valence-electron chi connectivity index (χ2n) is 7.37. The van der Waals surface area contributed by atoms with Gasteiger partial charge in [0.25, 0.3) is 0 Å². The zero-order chi connectivity index (χ0) is 17.8.